The van der Waals surface area contributed by atoms with Crippen molar-refractivity contribution in [1.29, 1.82) is 0 Å². The molecule has 0 fully saturated rings. The molecule has 0 saturated carbocycles. The van der Waals surface area contributed by atoms with Crippen molar-refractivity contribution in [2.75, 3.05) is 0 Å². The molecule has 0 unspecified atom stereocenters. The monoisotopic (exact) mass is 728 g/mol. The minimum atomic E-state index is -0.373. The second kappa shape index (κ2) is 12.4. The summed E-state index contributed by atoms with van der Waals surface area (Å²) >= 11 is 0. The average molecular weight is 729 g/mol. The first-order valence-corrected chi connectivity index (χ1v) is 19.6. The number of benzene rings is 6. The van der Waals surface area contributed by atoms with Crippen LogP contribution in [-0.4, -0.2) is 9.13 Å². The van der Waals surface area contributed by atoms with Crippen LogP contribution in [0.4, 0.5) is 0 Å². The van der Waals surface area contributed by atoms with Crippen LogP contribution in [0.3, 0.4) is 0 Å². The molecule has 0 aliphatic carbocycles. The van der Waals surface area contributed by atoms with E-state index in [1.807, 2.05) is 0 Å². The molecule has 1 aliphatic rings. The maximum Gasteiger partial charge on any atom is 0.147 e. The largest absolute Gasteiger partial charge is 0.454 e. The molecule has 3 heterocycles. The van der Waals surface area contributed by atoms with Gasteiger partial charge in [-0.25, -0.2) is 0 Å². The molecule has 0 bridgehead atoms. The fourth-order valence-electron chi connectivity index (χ4n) is 8.46. The summed E-state index contributed by atoms with van der Waals surface area (Å²) in [6.07, 6.45) is 0. The summed E-state index contributed by atoms with van der Waals surface area (Å²) in [5.74, 6) is 16.0. The third-order valence-corrected chi connectivity index (χ3v) is 12.0. The van der Waals surface area contributed by atoms with E-state index in [9.17, 15) is 0 Å². The average Bonchev–Trinajstić information content (AvgIpc) is 3.61. The molecule has 0 N–H and O–H groups in total. The molecule has 8 aromatic rings. The van der Waals surface area contributed by atoms with E-state index in [2.05, 4.69) is 211 Å². The van der Waals surface area contributed by atoms with Crippen molar-refractivity contribution in [3.63, 3.8) is 0 Å². The number of aromatic nitrogens is 2. The van der Waals surface area contributed by atoms with Crippen molar-refractivity contribution in [2.45, 2.75) is 71.6 Å². The predicted molar refractivity (Wildman–Crippen MR) is 235 cm³/mol. The zero-order valence-electron chi connectivity index (χ0n) is 34.2. The molecule has 0 atom stereocenters. The molecule has 3 heteroatoms. The Balaban J connectivity index is 1.20. The van der Waals surface area contributed by atoms with Crippen molar-refractivity contribution >= 4 is 43.6 Å². The summed E-state index contributed by atoms with van der Waals surface area (Å²) in [6, 6.07) is 39.4. The lowest BCUT2D eigenvalue weighted by atomic mass is 9.70. The quantitative estimate of drug-likeness (QED) is 0.142. The van der Waals surface area contributed by atoms with Gasteiger partial charge in [0, 0.05) is 74.3 Å². The summed E-state index contributed by atoms with van der Waals surface area (Å²) in [7, 11) is 4.26. The van der Waals surface area contributed by atoms with Crippen LogP contribution in [0.2, 0.25) is 0 Å². The van der Waals surface area contributed by atoms with Gasteiger partial charge in [-0.1, -0.05) is 140 Å². The first kappa shape index (κ1) is 35.5. The third kappa shape index (κ3) is 5.69. The molecule has 0 saturated heterocycles. The van der Waals surface area contributed by atoms with Gasteiger partial charge in [-0.05, 0) is 70.5 Å². The Morgan fingerprint density at radius 2 is 0.857 bits per heavy atom. The fourth-order valence-corrected chi connectivity index (χ4v) is 8.46. The number of nitrogens with zero attached hydrogens (tertiary/aromatic N) is 2. The molecule has 276 valence electrons. The topological polar surface area (TPSA) is 19.1 Å². The van der Waals surface area contributed by atoms with Crippen molar-refractivity contribution in [2.24, 2.45) is 14.1 Å². The number of fused-ring (bicyclic) bond motifs is 8. The second-order valence-electron chi connectivity index (χ2n) is 18.1. The summed E-state index contributed by atoms with van der Waals surface area (Å²) in [5.41, 5.74) is 12.7. The van der Waals surface area contributed by atoms with Gasteiger partial charge in [0.2, 0.25) is 0 Å². The standard InChI is InChI=1S/C53H48N2O/c1-51(2,3)37-29-35(23-19-33-21-25-41-39-15-11-13-17-45(39)54(9)47(41)27-33)49-43(31-37)53(7,8)44-32-38(52(4,5)6)30-36(50(44)56-49)24-20-34-22-26-42-40-16-12-14-18-46(40)55(10)48(42)28-34/h11-18,21-22,25-32H,1-10H3. The van der Waals surface area contributed by atoms with E-state index in [0.717, 1.165) is 44.9 Å². The van der Waals surface area contributed by atoms with E-state index < -0.39 is 0 Å². The van der Waals surface area contributed by atoms with Gasteiger partial charge in [0.15, 0.2) is 0 Å². The minimum Gasteiger partial charge on any atom is -0.454 e. The molecule has 6 aromatic carbocycles. The maximum absolute atomic E-state index is 7.13. The van der Waals surface area contributed by atoms with E-state index in [0.29, 0.717) is 0 Å². The molecule has 3 nitrogen and oxygen atoms in total. The predicted octanol–water partition coefficient (Wildman–Crippen LogP) is 12.8. The smallest absolute Gasteiger partial charge is 0.147 e. The lowest BCUT2D eigenvalue weighted by molar-refractivity contribution is 0.412. The van der Waals surface area contributed by atoms with Crippen molar-refractivity contribution in [3.8, 4) is 35.2 Å². The zero-order chi connectivity index (χ0) is 39.3. The lowest BCUT2D eigenvalue weighted by Gasteiger charge is -2.38. The summed E-state index contributed by atoms with van der Waals surface area (Å²) in [5, 5.41) is 4.99. The van der Waals surface area contributed by atoms with Crippen LogP contribution in [-0.2, 0) is 30.3 Å². The Hall–Kier alpha value is -6.16. The van der Waals surface area contributed by atoms with Crippen LogP contribution in [0.25, 0.3) is 43.6 Å². The van der Waals surface area contributed by atoms with Crippen LogP contribution in [0.1, 0.15) is 99.9 Å². The SMILES string of the molecule is Cn1c2ccccc2c2ccc(C#Cc3cc(C(C)(C)C)cc4c3Oc3c(C#Cc5ccc6c7ccccc7n(C)c6c5)cc(C(C)(C)C)cc3C4(C)C)cc21. The van der Waals surface area contributed by atoms with Crippen LogP contribution in [0.5, 0.6) is 11.5 Å². The van der Waals surface area contributed by atoms with Crippen LogP contribution in [0.15, 0.2) is 109 Å². The number of rotatable bonds is 0. The van der Waals surface area contributed by atoms with E-state index in [4.69, 9.17) is 4.74 Å². The Bertz CT molecular complexity index is 2860. The van der Waals surface area contributed by atoms with Gasteiger partial charge in [-0.15, -0.1) is 0 Å². The van der Waals surface area contributed by atoms with Gasteiger partial charge in [0.05, 0.1) is 22.2 Å². The van der Waals surface area contributed by atoms with Gasteiger partial charge in [-0.3, -0.25) is 0 Å². The Kier molecular flexibility index (Phi) is 7.89. The Morgan fingerprint density at radius 3 is 1.27 bits per heavy atom. The molecule has 2 aromatic heterocycles. The third-order valence-electron chi connectivity index (χ3n) is 12.0. The van der Waals surface area contributed by atoms with Crippen molar-refractivity contribution < 1.29 is 4.74 Å². The maximum atomic E-state index is 7.13. The summed E-state index contributed by atoms with van der Waals surface area (Å²) in [6.45, 7) is 18.3. The van der Waals surface area contributed by atoms with E-state index in [1.165, 1.54) is 54.7 Å². The van der Waals surface area contributed by atoms with Crippen LogP contribution < -0.4 is 4.74 Å². The molecular weight excluding hydrogens is 681 g/mol. The van der Waals surface area contributed by atoms with E-state index >= 15 is 0 Å². The molecule has 56 heavy (non-hydrogen) atoms. The molecule has 0 radical (unpaired) electrons. The van der Waals surface area contributed by atoms with Crippen molar-refractivity contribution in [1.82, 2.24) is 9.13 Å². The van der Waals surface area contributed by atoms with Crippen LogP contribution in [0, 0.1) is 23.7 Å². The highest BCUT2D eigenvalue weighted by Gasteiger charge is 2.39. The molecule has 1 aliphatic heterocycles. The lowest BCUT2D eigenvalue weighted by Crippen LogP contribution is -2.28. The van der Waals surface area contributed by atoms with Gasteiger partial charge in [0.25, 0.3) is 0 Å². The summed E-state index contributed by atoms with van der Waals surface area (Å²) < 4.78 is 11.7. The summed E-state index contributed by atoms with van der Waals surface area (Å²) in [4.78, 5) is 0. The highest BCUT2D eigenvalue weighted by molar-refractivity contribution is 6.09. The van der Waals surface area contributed by atoms with E-state index in [1.54, 1.807) is 0 Å². The Morgan fingerprint density at radius 1 is 0.464 bits per heavy atom. The zero-order valence-corrected chi connectivity index (χ0v) is 34.2. The van der Waals surface area contributed by atoms with Gasteiger partial charge in [0.1, 0.15) is 11.5 Å². The van der Waals surface area contributed by atoms with E-state index in [-0.39, 0.29) is 16.2 Å². The molecule has 0 spiro atoms. The van der Waals surface area contributed by atoms with Gasteiger partial charge < -0.3 is 13.9 Å². The first-order valence-electron chi connectivity index (χ1n) is 19.6. The highest BCUT2D eigenvalue weighted by atomic mass is 16.5. The normalized spacial score (nSPS) is 13.5. The fraction of sp³-hybridized carbons (Fsp3) is 0.245. The molecular formula is C53H48N2O. The number of aryl methyl sites for hydroxylation is 2. The number of ether oxygens (including phenoxy) is 1. The Labute approximate surface area is 330 Å². The molecule has 0 amide bonds. The number of hydrogen-bond donors (Lipinski definition) is 0. The first-order chi connectivity index (χ1) is 26.6. The molecule has 9 rings (SSSR count). The van der Waals surface area contributed by atoms with Gasteiger partial charge in [-0.2, -0.15) is 0 Å². The van der Waals surface area contributed by atoms with Crippen LogP contribution >= 0.6 is 0 Å². The number of hydrogen-bond acceptors (Lipinski definition) is 1. The van der Waals surface area contributed by atoms with Crippen molar-refractivity contribution in [3.05, 3.63) is 154 Å². The van der Waals surface area contributed by atoms with Gasteiger partial charge >= 0.3 is 0 Å². The minimum absolute atomic E-state index is 0.0843. The second-order valence-corrected chi connectivity index (χ2v) is 18.1. The highest BCUT2D eigenvalue weighted by Crippen LogP contribution is 2.52. The number of para-hydroxylation sites is 2.